The van der Waals surface area contributed by atoms with Crippen molar-refractivity contribution in [2.75, 3.05) is 26.0 Å². The number of thioether (sulfide) groups is 2. The number of nitrogens with one attached hydrogen (secondary N) is 1. The van der Waals surface area contributed by atoms with Crippen molar-refractivity contribution in [2.24, 2.45) is 0 Å². The van der Waals surface area contributed by atoms with Crippen LogP contribution in [0.1, 0.15) is 22.6 Å². The van der Waals surface area contributed by atoms with E-state index >= 15 is 0 Å². The fourth-order valence-electron chi connectivity index (χ4n) is 2.86. The van der Waals surface area contributed by atoms with E-state index < -0.39 is 0 Å². The van der Waals surface area contributed by atoms with Gasteiger partial charge in [0.05, 0.1) is 23.5 Å². The maximum Gasteiger partial charge on any atom is 0.293 e. The molecule has 164 valence electrons. The second kappa shape index (κ2) is 10.5. The summed E-state index contributed by atoms with van der Waals surface area (Å²) in [6, 6.07) is 7.20. The Morgan fingerprint density at radius 3 is 2.68 bits per heavy atom. The molecular formula is C21H23N3O5S2. The summed E-state index contributed by atoms with van der Waals surface area (Å²) in [6.45, 7) is 4.05. The summed E-state index contributed by atoms with van der Waals surface area (Å²) in [5, 5.41) is 6.30. The van der Waals surface area contributed by atoms with Gasteiger partial charge in [0.1, 0.15) is 11.5 Å². The Labute approximate surface area is 188 Å². The summed E-state index contributed by atoms with van der Waals surface area (Å²) < 4.78 is 10.2. The van der Waals surface area contributed by atoms with Crippen molar-refractivity contribution in [2.45, 2.75) is 19.6 Å². The molecule has 0 bridgehead atoms. The number of amides is 3. The predicted octanol–water partition coefficient (Wildman–Crippen LogP) is 3.39. The van der Waals surface area contributed by atoms with Gasteiger partial charge < -0.3 is 14.6 Å². The number of nitrogens with zero attached hydrogens (tertiary/aromatic N) is 2. The van der Waals surface area contributed by atoms with E-state index in [-0.39, 0.29) is 35.9 Å². The lowest BCUT2D eigenvalue weighted by molar-refractivity contribution is -0.123. The number of hydrogen-bond acceptors (Lipinski definition) is 8. The smallest absolute Gasteiger partial charge is 0.293 e. The highest BCUT2D eigenvalue weighted by Gasteiger charge is 2.34. The van der Waals surface area contributed by atoms with E-state index in [2.05, 4.69) is 10.5 Å². The summed E-state index contributed by atoms with van der Waals surface area (Å²) in [4.78, 5) is 38.3. The molecule has 1 aliphatic rings. The third-order valence-corrected chi connectivity index (χ3v) is 6.47. The van der Waals surface area contributed by atoms with Crippen molar-refractivity contribution in [3.63, 3.8) is 0 Å². The number of carbonyl (C=O) groups excluding carboxylic acids is 3. The lowest BCUT2D eigenvalue weighted by Crippen LogP contribution is -2.37. The van der Waals surface area contributed by atoms with Crippen LogP contribution in [0.5, 0.6) is 5.75 Å². The van der Waals surface area contributed by atoms with Gasteiger partial charge in [-0.1, -0.05) is 17.3 Å². The maximum atomic E-state index is 12.5. The molecule has 1 fully saturated rings. The molecule has 0 atom stereocenters. The molecule has 10 heteroatoms. The number of rotatable bonds is 9. The first-order valence-corrected chi connectivity index (χ1v) is 11.5. The van der Waals surface area contributed by atoms with E-state index in [0.717, 1.165) is 39.2 Å². The van der Waals surface area contributed by atoms with Gasteiger partial charge in [0.25, 0.3) is 11.1 Å². The van der Waals surface area contributed by atoms with E-state index in [0.29, 0.717) is 16.4 Å². The van der Waals surface area contributed by atoms with Crippen LogP contribution in [0.15, 0.2) is 33.7 Å². The zero-order valence-corrected chi connectivity index (χ0v) is 19.1. The Kier molecular flexibility index (Phi) is 7.80. The lowest BCUT2D eigenvalue weighted by Gasteiger charge is -2.13. The molecule has 0 saturated carbocycles. The van der Waals surface area contributed by atoms with Crippen molar-refractivity contribution in [3.8, 4) is 5.75 Å². The molecule has 0 radical (unpaired) electrons. The molecule has 2 heterocycles. The van der Waals surface area contributed by atoms with Gasteiger partial charge in [-0.05, 0) is 49.4 Å². The highest BCUT2D eigenvalue weighted by atomic mass is 32.2. The summed E-state index contributed by atoms with van der Waals surface area (Å²) in [6.07, 6.45) is 1.67. The molecule has 1 aromatic heterocycles. The van der Waals surface area contributed by atoms with Crippen LogP contribution in [-0.4, -0.2) is 53.1 Å². The third kappa shape index (κ3) is 5.92. The first kappa shape index (κ1) is 23.0. The van der Waals surface area contributed by atoms with Crippen LogP contribution >= 0.6 is 23.5 Å². The Bertz CT molecular complexity index is 981. The Morgan fingerprint density at radius 2 is 2.03 bits per heavy atom. The maximum absolute atomic E-state index is 12.5. The van der Waals surface area contributed by atoms with E-state index in [1.54, 1.807) is 25.3 Å². The first-order chi connectivity index (χ1) is 14.9. The van der Waals surface area contributed by atoms with Gasteiger partial charge in [-0.3, -0.25) is 19.3 Å². The summed E-state index contributed by atoms with van der Waals surface area (Å²) in [5.41, 5.74) is 2.63. The standard InChI is InChI=1S/C21H23N3O5S2/c1-13-17(14(2)29-23-13)11-30-12-19(25)22-8-9-24-20(26)18(31-21(24)27)10-15-4-6-16(28-3)7-5-15/h4-7,10H,8-9,11-12H2,1-3H3,(H,22,25)/b18-10-. The number of aromatic nitrogens is 1. The van der Waals surface area contributed by atoms with Crippen LogP contribution < -0.4 is 10.1 Å². The highest BCUT2D eigenvalue weighted by Crippen LogP contribution is 2.32. The second-order valence-corrected chi connectivity index (χ2v) is 8.73. The fraction of sp³-hybridized carbons (Fsp3) is 0.333. The number of carbonyl (C=O) groups is 3. The van der Waals surface area contributed by atoms with Crippen molar-refractivity contribution in [1.82, 2.24) is 15.4 Å². The van der Waals surface area contributed by atoms with Gasteiger partial charge in [0, 0.05) is 24.4 Å². The number of hydrogen-bond donors (Lipinski definition) is 1. The van der Waals surface area contributed by atoms with Crippen LogP contribution in [0.3, 0.4) is 0 Å². The zero-order valence-electron chi connectivity index (χ0n) is 17.5. The molecule has 0 aliphatic carbocycles. The number of imide groups is 1. The quantitative estimate of drug-likeness (QED) is 0.567. The monoisotopic (exact) mass is 461 g/mol. The molecule has 8 nitrogen and oxygen atoms in total. The van der Waals surface area contributed by atoms with Crippen molar-refractivity contribution in [1.29, 1.82) is 0 Å². The number of aryl methyl sites for hydroxylation is 2. The lowest BCUT2D eigenvalue weighted by atomic mass is 10.2. The van der Waals surface area contributed by atoms with Gasteiger partial charge in [0.15, 0.2) is 0 Å². The number of ether oxygens (including phenoxy) is 1. The second-order valence-electron chi connectivity index (χ2n) is 6.75. The SMILES string of the molecule is COc1ccc(/C=C2\SC(=O)N(CCNC(=O)CSCc3c(C)noc3C)C2=O)cc1. The summed E-state index contributed by atoms with van der Waals surface area (Å²) >= 11 is 2.35. The zero-order chi connectivity index (χ0) is 22.4. The van der Waals surface area contributed by atoms with Crippen molar-refractivity contribution < 1.29 is 23.6 Å². The molecule has 3 rings (SSSR count). The molecule has 3 amide bonds. The number of methoxy groups -OCH3 is 1. The molecule has 1 N–H and O–H groups in total. The van der Waals surface area contributed by atoms with Gasteiger partial charge >= 0.3 is 0 Å². The Morgan fingerprint density at radius 1 is 1.29 bits per heavy atom. The van der Waals surface area contributed by atoms with Crippen LogP contribution in [0, 0.1) is 13.8 Å². The van der Waals surface area contributed by atoms with E-state index in [4.69, 9.17) is 9.26 Å². The summed E-state index contributed by atoms with van der Waals surface area (Å²) in [7, 11) is 1.58. The third-order valence-electron chi connectivity index (χ3n) is 4.61. The largest absolute Gasteiger partial charge is 0.497 e. The Balaban J connectivity index is 1.44. The highest BCUT2D eigenvalue weighted by molar-refractivity contribution is 8.18. The first-order valence-electron chi connectivity index (χ1n) is 9.54. The molecule has 0 unspecified atom stereocenters. The Hall–Kier alpha value is -2.72. The van der Waals surface area contributed by atoms with E-state index in [9.17, 15) is 14.4 Å². The van der Waals surface area contributed by atoms with Crippen LogP contribution in [0.2, 0.25) is 0 Å². The van der Waals surface area contributed by atoms with Crippen LogP contribution in [0.25, 0.3) is 6.08 Å². The van der Waals surface area contributed by atoms with Gasteiger partial charge in [-0.15, -0.1) is 11.8 Å². The molecular weight excluding hydrogens is 438 g/mol. The topological polar surface area (TPSA) is 102 Å². The van der Waals surface area contributed by atoms with Crippen molar-refractivity contribution >= 4 is 46.7 Å². The average Bonchev–Trinajstić information content (AvgIpc) is 3.21. The number of benzene rings is 1. The minimum absolute atomic E-state index is 0.130. The minimum atomic E-state index is -0.354. The normalized spacial score (nSPS) is 15.1. The molecule has 1 aromatic carbocycles. The molecule has 31 heavy (non-hydrogen) atoms. The van der Waals surface area contributed by atoms with E-state index in [1.807, 2.05) is 26.0 Å². The molecule has 0 spiro atoms. The molecule has 2 aromatic rings. The average molecular weight is 462 g/mol. The van der Waals surface area contributed by atoms with Crippen LogP contribution in [-0.2, 0) is 15.3 Å². The molecule has 1 aliphatic heterocycles. The van der Waals surface area contributed by atoms with Crippen molar-refractivity contribution in [3.05, 3.63) is 51.8 Å². The minimum Gasteiger partial charge on any atom is -0.497 e. The summed E-state index contributed by atoms with van der Waals surface area (Å²) in [5.74, 6) is 1.86. The van der Waals surface area contributed by atoms with Gasteiger partial charge in [0.2, 0.25) is 5.91 Å². The van der Waals surface area contributed by atoms with E-state index in [1.165, 1.54) is 11.8 Å². The fourth-order valence-corrected chi connectivity index (χ4v) is 4.73. The van der Waals surface area contributed by atoms with Crippen LogP contribution in [0.4, 0.5) is 4.79 Å². The predicted molar refractivity (Wildman–Crippen MR) is 121 cm³/mol. The molecule has 1 saturated heterocycles. The van der Waals surface area contributed by atoms with Gasteiger partial charge in [-0.2, -0.15) is 0 Å². The van der Waals surface area contributed by atoms with Gasteiger partial charge in [-0.25, -0.2) is 0 Å².